The van der Waals surface area contributed by atoms with Crippen molar-refractivity contribution in [2.75, 3.05) is 35.0 Å². The van der Waals surface area contributed by atoms with Crippen LogP contribution in [0, 0.1) is 0 Å². The second-order valence-corrected chi connectivity index (χ2v) is 15.1. The number of epoxide rings is 1. The van der Waals surface area contributed by atoms with E-state index < -0.39 is 16.4 Å². The average molecular weight is 351 g/mol. The van der Waals surface area contributed by atoms with Crippen molar-refractivity contribution in [1.29, 1.82) is 0 Å². The maximum absolute atomic E-state index is 6.29. The van der Waals surface area contributed by atoms with Crippen molar-refractivity contribution in [1.82, 2.24) is 0 Å². The molecule has 0 aliphatic carbocycles. The first kappa shape index (κ1) is 18.5. The number of hydrogen-bond donors (Lipinski definition) is 0. The summed E-state index contributed by atoms with van der Waals surface area (Å²) in [5, 5.41) is 0. The molecule has 2 fully saturated rings. The Morgan fingerprint density at radius 2 is 1.45 bits per heavy atom. The first-order valence-electron chi connectivity index (χ1n) is 8.15. The Kier molecular flexibility index (Phi) is 7.02. The molecule has 0 radical (unpaired) electrons. The molecule has 2 heterocycles. The molecule has 2 unspecified atom stereocenters. The van der Waals surface area contributed by atoms with Crippen molar-refractivity contribution in [3.05, 3.63) is 0 Å². The van der Waals surface area contributed by atoms with Gasteiger partial charge >= 0.3 is 16.4 Å². The predicted molar refractivity (Wildman–Crippen MR) is 86.7 cm³/mol. The molecule has 22 heavy (non-hydrogen) atoms. The van der Waals surface area contributed by atoms with E-state index in [2.05, 4.69) is 0 Å². The molecular weight excluding hydrogens is 320 g/mol. The third-order valence-corrected chi connectivity index (χ3v) is 16.0. The van der Waals surface area contributed by atoms with E-state index in [1.807, 2.05) is 0 Å². The Morgan fingerprint density at radius 1 is 0.864 bits per heavy atom. The molecule has 2 atom stereocenters. The summed E-state index contributed by atoms with van der Waals surface area (Å²) >= 11 is 0. The van der Waals surface area contributed by atoms with Crippen molar-refractivity contribution >= 4 is 16.4 Å². The van der Waals surface area contributed by atoms with Crippen LogP contribution < -0.4 is 0 Å². The van der Waals surface area contributed by atoms with Crippen LogP contribution in [0.1, 0.15) is 38.5 Å². The first-order valence-corrected chi connectivity index (χ1v) is 12.9. The highest BCUT2D eigenvalue weighted by Gasteiger charge is 2.69. The second kappa shape index (κ2) is 8.34. The van der Waals surface area contributed by atoms with Gasteiger partial charge in [-0.05, 0) is 25.3 Å². The second-order valence-electron chi connectivity index (χ2n) is 6.00. The van der Waals surface area contributed by atoms with Gasteiger partial charge in [0.2, 0.25) is 0 Å². The van der Waals surface area contributed by atoms with Crippen LogP contribution >= 0.6 is 0 Å². The van der Waals surface area contributed by atoms with E-state index in [4.69, 9.17) is 26.9 Å². The molecule has 130 valence electrons. The van der Waals surface area contributed by atoms with Gasteiger partial charge < -0.3 is 26.9 Å². The summed E-state index contributed by atoms with van der Waals surface area (Å²) < 4.78 is 34.4. The molecule has 2 aliphatic heterocycles. The summed E-state index contributed by atoms with van der Waals surface area (Å²) in [6.45, 7) is 0.961. The van der Waals surface area contributed by atoms with Gasteiger partial charge in [0.05, 0.1) is 12.7 Å². The van der Waals surface area contributed by atoms with Crippen LogP contribution in [0.25, 0.3) is 0 Å². The van der Waals surface area contributed by atoms with E-state index in [0.717, 1.165) is 25.5 Å². The van der Waals surface area contributed by atoms with Crippen LogP contribution in [0.4, 0.5) is 0 Å². The lowest BCUT2D eigenvalue weighted by atomic mass is 10.1. The molecule has 0 N–H and O–H groups in total. The topological polar surface area (TPSA) is 58.7 Å². The summed E-state index contributed by atoms with van der Waals surface area (Å²) in [5.74, 6) is 0. The fourth-order valence-electron chi connectivity index (χ4n) is 3.26. The van der Waals surface area contributed by atoms with Gasteiger partial charge in [0.1, 0.15) is 0 Å². The molecule has 0 saturated carbocycles. The van der Waals surface area contributed by atoms with E-state index in [1.54, 1.807) is 28.4 Å². The molecule has 0 aromatic heterocycles. The molecule has 0 aromatic rings. The molecule has 0 spiro atoms. The van der Waals surface area contributed by atoms with Gasteiger partial charge in [-0.2, -0.15) is 0 Å². The standard InChI is InChI=1S/C14H30O6Si2/c1-15-21(16-2)11-10-13(20-22(21,17-3)18-4)8-6-5-7-9-14-12-19-14/h13-14H,5-12H2,1-4H3. The SMILES string of the molecule is CO[Si]1(OC)CCC(CCCCCC2CO2)O[Si]1(OC)OC. The van der Waals surface area contributed by atoms with Crippen LogP contribution in [0.2, 0.25) is 6.04 Å². The van der Waals surface area contributed by atoms with Gasteiger partial charge in [0.15, 0.2) is 0 Å². The minimum Gasteiger partial charge on any atom is -0.395 e. The van der Waals surface area contributed by atoms with Crippen LogP contribution in [-0.4, -0.2) is 63.7 Å². The third-order valence-electron chi connectivity index (χ3n) is 4.74. The lowest BCUT2D eigenvalue weighted by Crippen LogP contribution is -2.73. The van der Waals surface area contributed by atoms with Crippen LogP contribution in [0.5, 0.6) is 0 Å². The molecular formula is C14H30O6Si2. The summed E-state index contributed by atoms with van der Waals surface area (Å²) in [6, 6.07) is 0.870. The summed E-state index contributed by atoms with van der Waals surface area (Å²) in [5.41, 5.74) is 0. The maximum atomic E-state index is 6.29. The van der Waals surface area contributed by atoms with Gasteiger partial charge in [0.25, 0.3) is 0 Å². The summed E-state index contributed by atoms with van der Waals surface area (Å²) in [7, 11) is 1.22. The fraction of sp³-hybridized carbons (Fsp3) is 1.00. The molecule has 6 nitrogen and oxygen atoms in total. The summed E-state index contributed by atoms with van der Waals surface area (Å²) in [6.07, 6.45) is 7.58. The van der Waals surface area contributed by atoms with Gasteiger partial charge in [-0.15, -0.1) is 0 Å². The number of ether oxygens (including phenoxy) is 1. The van der Waals surface area contributed by atoms with E-state index in [0.29, 0.717) is 6.10 Å². The van der Waals surface area contributed by atoms with Crippen molar-refractivity contribution < 1.29 is 26.9 Å². The van der Waals surface area contributed by atoms with Gasteiger partial charge in [-0.25, -0.2) is 0 Å². The molecule has 2 saturated heterocycles. The molecule has 2 aliphatic rings. The Balaban J connectivity index is 1.82. The first-order chi connectivity index (χ1) is 10.6. The highest BCUT2D eigenvalue weighted by Crippen LogP contribution is 2.37. The molecule has 0 bridgehead atoms. The smallest absolute Gasteiger partial charge is 0.395 e. The van der Waals surface area contributed by atoms with Crippen LogP contribution in [0.3, 0.4) is 0 Å². The molecule has 8 heteroatoms. The monoisotopic (exact) mass is 350 g/mol. The number of unbranched alkanes of at least 4 members (excludes halogenated alkanes) is 2. The minimum absolute atomic E-state index is 0.190. The highest BCUT2D eigenvalue weighted by atomic mass is 29.3. The van der Waals surface area contributed by atoms with E-state index in [1.165, 1.54) is 25.7 Å². The molecule has 0 aromatic carbocycles. The highest BCUT2D eigenvalue weighted by molar-refractivity contribution is 7.29. The van der Waals surface area contributed by atoms with Gasteiger partial charge in [0, 0.05) is 34.5 Å². The lowest BCUT2D eigenvalue weighted by molar-refractivity contribution is 0.0347. The Morgan fingerprint density at radius 3 is 1.95 bits per heavy atom. The fourth-order valence-corrected chi connectivity index (χ4v) is 12.9. The minimum atomic E-state index is -2.88. The average Bonchev–Trinajstić information content (AvgIpc) is 3.38. The zero-order chi connectivity index (χ0) is 16.1. The quantitative estimate of drug-likeness (QED) is 0.342. The van der Waals surface area contributed by atoms with Crippen LogP contribution in [0.15, 0.2) is 0 Å². The van der Waals surface area contributed by atoms with Crippen molar-refractivity contribution in [3.8, 4) is 0 Å². The predicted octanol–water partition coefficient (Wildman–Crippen LogP) is 2.17. The summed E-state index contributed by atoms with van der Waals surface area (Å²) in [4.78, 5) is 0. The van der Waals surface area contributed by atoms with Crippen molar-refractivity contribution in [3.63, 3.8) is 0 Å². The lowest BCUT2D eigenvalue weighted by Gasteiger charge is -2.45. The molecule has 0 amide bonds. The zero-order valence-electron chi connectivity index (χ0n) is 14.3. The number of rotatable bonds is 10. The van der Waals surface area contributed by atoms with E-state index in [-0.39, 0.29) is 6.10 Å². The number of hydrogen-bond acceptors (Lipinski definition) is 6. The Hall–Kier alpha value is 0.194. The van der Waals surface area contributed by atoms with E-state index >= 15 is 0 Å². The van der Waals surface area contributed by atoms with Crippen molar-refractivity contribution in [2.24, 2.45) is 0 Å². The molecule has 2 rings (SSSR count). The van der Waals surface area contributed by atoms with Crippen LogP contribution in [-0.2, 0) is 26.9 Å². The third kappa shape index (κ3) is 3.99. The van der Waals surface area contributed by atoms with E-state index in [9.17, 15) is 0 Å². The van der Waals surface area contributed by atoms with Gasteiger partial charge in [-0.3, -0.25) is 0 Å². The zero-order valence-corrected chi connectivity index (χ0v) is 16.3. The van der Waals surface area contributed by atoms with Crippen molar-refractivity contribution in [2.45, 2.75) is 56.8 Å². The largest absolute Gasteiger partial charge is 0.539 e. The Labute approximate surface area is 135 Å². The maximum Gasteiger partial charge on any atom is 0.539 e. The van der Waals surface area contributed by atoms with Gasteiger partial charge in [-0.1, -0.05) is 19.3 Å². The Bertz CT molecular complexity index is 331. The normalized spacial score (nSPS) is 29.5.